The Kier molecular flexibility index (Phi) is 8.15. The van der Waals surface area contributed by atoms with Crippen LogP contribution in [0.4, 0.5) is 0 Å². The maximum atomic E-state index is 9.96. The molecule has 68 valence electrons. The Labute approximate surface area is 69.8 Å². The van der Waals surface area contributed by atoms with Crippen molar-refractivity contribution in [3.63, 3.8) is 0 Å². The molecule has 4 nitrogen and oxygen atoms in total. The summed E-state index contributed by atoms with van der Waals surface area (Å²) in [6.07, 6.45) is 1.80. The van der Waals surface area contributed by atoms with E-state index in [2.05, 4.69) is 9.50 Å². The van der Waals surface area contributed by atoms with Crippen molar-refractivity contribution in [3.8, 4) is 0 Å². The SMILES string of the molecule is CCNCCCCOS(=O)O. The highest BCUT2D eigenvalue weighted by atomic mass is 32.2. The lowest BCUT2D eigenvalue weighted by Crippen LogP contribution is -2.14. The molecule has 11 heavy (non-hydrogen) atoms. The minimum atomic E-state index is -2.09. The van der Waals surface area contributed by atoms with Crippen molar-refractivity contribution in [3.05, 3.63) is 0 Å². The molecule has 0 amide bonds. The molecule has 0 saturated heterocycles. The summed E-state index contributed by atoms with van der Waals surface area (Å²) in [6, 6.07) is 0. The quantitative estimate of drug-likeness (QED) is 0.444. The van der Waals surface area contributed by atoms with Gasteiger partial charge in [-0.05, 0) is 25.9 Å². The van der Waals surface area contributed by atoms with Crippen LogP contribution in [0.3, 0.4) is 0 Å². The van der Waals surface area contributed by atoms with Crippen molar-refractivity contribution in [2.45, 2.75) is 19.8 Å². The van der Waals surface area contributed by atoms with E-state index in [1.807, 2.05) is 6.92 Å². The minimum absolute atomic E-state index is 0.356. The molecular formula is C6H15NO3S. The highest BCUT2D eigenvalue weighted by molar-refractivity contribution is 7.74. The summed E-state index contributed by atoms with van der Waals surface area (Å²) in [5.41, 5.74) is 0. The van der Waals surface area contributed by atoms with Crippen molar-refractivity contribution < 1.29 is 12.9 Å². The van der Waals surface area contributed by atoms with E-state index in [0.717, 1.165) is 25.9 Å². The number of unbranched alkanes of at least 4 members (excludes halogenated alkanes) is 1. The third kappa shape index (κ3) is 10.0. The summed E-state index contributed by atoms with van der Waals surface area (Å²) >= 11 is -2.09. The van der Waals surface area contributed by atoms with Crippen molar-refractivity contribution in [2.24, 2.45) is 0 Å². The fraction of sp³-hybridized carbons (Fsp3) is 1.00. The molecular weight excluding hydrogens is 166 g/mol. The molecule has 0 spiro atoms. The molecule has 0 aromatic carbocycles. The van der Waals surface area contributed by atoms with Gasteiger partial charge in [-0.1, -0.05) is 6.92 Å². The molecule has 0 aliphatic rings. The van der Waals surface area contributed by atoms with Crippen LogP contribution in [0.1, 0.15) is 19.8 Å². The normalized spacial score (nSPS) is 13.3. The van der Waals surface area contributed by atoms with Crippen LogP contribution >= 0.6 is 0 Å². The zero-order chi connectivity index (χ0) is 8.53. The van der Waals surface area contributed by atoms with E-state index in [1.54, 1.807) is 0 Å². The van der Waals surface area contributed by atoms with Crippen LogP contribution in [-0.4, -0.2) is 28.5 Å². The van der Waals surface area contributed by atoms with E-state index in [-0.39, 0.29) is 0 Å². The Morgan fingerprint density at radius 3 is 2.82 bits per heavy atom. The van der Waals surface area contributed by atoms with Gasteiger partial charge in [0.2, 0.25) is 0 Å². The summed E-state index contributed by atoms with van der Waals surface area (Å²) in [5.74, 6) is 0. The fourth-order valence-electron chi connectivity index (χ4n) is 0.659. The molecule has 0 aliphatic heterocycles. The topological polar surface area (TPSA) is 58.6 Å². The van der Waals surface area contributed by atoms with Gasteiger partial charge >= 0.3 is 11.4 Å². The van der Waals surface area contributed by atoms with E-state index < -0.39 is 11.4 Å². The summed E-state index contributed by atoms with van der Waals surface area (Å²) < 4.78 is 22.6. The Hall–Kier alpha value is 0.0300. The van der Waals surface area contributed by atoms with Crippen molar-refractivity contribution in [1.29, 1.82) is 0 Å². The maximum Gasteiger partial charge on any atom is 0.301 e. The highest BCUT2D eigenvalue weighted by Crippen LogP contribution is 1.89. The van der Waals surface area contributed by atoms with Gasteiger partial charge in [0, 0.05) is 0 Å². The van der Waals surface area contributed by atoms with Crippen molar-refractivity contribution in [2.75, 3.05) is 19.7 Å². The molecule has 0 bridgehead atoms. The van der Waals surface area contributed by atoms with Crippen LogP contribution in [-0.2, 0) is 15.5 Å². The molecule has 0 heterocycles. The number of nitrogens with one attached hydrogen (secondary N) is 1. The average Bonchev–Trinajstić information content (AvgIpc) is 1.96. The molecule has 0 aromatic rings. The summed E-state index contributed by atoms with van der Waals surface area (Å²) in [5, 5.41) is 3.14. The van der Waals surface area contributed by atoms with Gasteiger partial charge < -0.3 is 5.32 Å². The average molecular weight is 181 g/mol. The lowest BCUT2D eigenvalue weighted by molar-refractivity contribution is 0.297. The van der Waals surface area contributed by atoms with Gasteiger partial charge in [0.05, 0.1) is 6.61 Å². The zero-order valence-corrected chi connectivity index (χ0v) is 7.52. The smallest absolute Gasteiger partial charge is 0.301 e. The predicted molar refractivity (Wildman–Crippen MR) is 44.5 cm³/mol. The van der Waals surface area contributed by atoms with Gasteiger partial charge in [-0.3, -0.25) is 8.74 Å². The predicted octanol–water partition coefficient (Wildman–Crippen LogP) is 0.529. The van der Waals surface area contributed by atoms with E-state index in [1.165, 1.54) is 0 Å². The van der Waals surface area contributed by atoms with Gasteiger partial charge in [-0.25, -0.2) is 0 Å². The molecule has 5 heteroatoms. The molecule has 0 rings (SSSR count). The van der Waals surface area contributed by atoms with Gasteiger partial charge in [0.25, 0.3) is 0 Å². The van der Waals surface area contributed by atoms with Crippen LogP contribution in [0.25, 0.3) is 0 Å². The second-order valence-electron chi connectivity index (χ2n) is 2.10. The first-order chi connectivity index (χ1) is 5.27. The summed E-state index contributed by atoms with van der Waals surface area (Å²) in [7, 11) is 0. The first-order valence-electron chi connectivity index (χ1n) is 3.72. The van der Waals surface area contributed by atoms with Gasteiger partial charge in [0.1, 0.15) is 0 Å². The van der Waals surface area contributed by atoms with Crippen LogP contribution < -0.4 is 5.32 Å². The maximum absolute atomic E-state index is 9.96. The van der Waals surface area contributed by atoms with Gasteiger partial charge in [-0.15, -0.1) is 0 Å². The van der Waals surface area contributed by atoms with E-state index in [9.17, 15) is 4.21 Å². The largest absolute Gasteiger partial charge is 0.317 e. The van der Waals surface area contributed by atoms with E-state index in [0.29, 0.717) is 6.61 Å². The van der Waals surface area contributed by atoms with Crippen molar-refractivity contribution in [1.82, 2.24) is 5.32 Å². The minimum Gasteiger partial charge on any atom is -0.317 e. The second kappa shape index (κ2) is 8.13. The number of rotatable bonds is 7. The Bertz CT molecular complexity index is 110. The third-order valence-corrected chi connectivity index (χ3v) is 1.55. The molecule has 2 N–H and O–H groups in total. The molecule has 1 atom stereocenters. The summed E-state index contributed by atoms with van der Waals surface area (Å²) in [6.45, 7) is 4.30. The molecule has 0 aromatic heterocycles. The Morgan fingerprint density at radius 1 is 1.55 bits per heavy atom. The fourth-order valence-corrected chi connectivity index (χ4v) is 0.919. The first-order valence-corrected chi connectivity index (χ1v) is 4.75. The Morgan fingerprint density at radius 2 is 2.27 bits per heavy atom. The summed E-state index contributed by atoms with van der Waals surface area (Å²) in [4.78, 5) is 0. The molecule has 0 saturated carbocycles. The lowest BCUT2D eigenvalue weighted by Gasteiger charge is -2.00. The number of hydrogen-bond donors (Lipinski definition) is 2. The molecule has 0 aliphatic carbocycles. The highest BCUT2D eigenvalue weighted by Gasteiger charge is 1.92. The Balaban J connectivity index is 2.85. The van der Waals surface area contributed by atoms with Crippen molar-refractivity contribution >= 4 is 11.4 Å². The van der Waals surface area contributed by atoms with E-state index in [4.69, 9.17) is 4.55 Å². The third-order valence-electron chi connectivity index (χ3n) is 1.18. The van der Waals surface area contributed by atoms with E-state index >= 15 is 0 Å². The van der Waals surface area contributed by atoms with Crippen LogP contribution in [0.5, 0.6) is 0 Å². The zero-order valence-electron chi connectivity index (χ0n) is 6.71. The monoisotopic (exact) mass is 181 g/mol. The molecule has 0 radical (unpaired) electrons. The first kappa shape index (κ1) is 11.0. The standard InChI is InChI=1S/C6H15NO3S/c1-2-7-5-3-4-6-10-11(8)9/h7H,2-6H2,1H3,(H,8,9). The molecule has 1 unspecified atom stereocenters. The number of hydrogen-bond acceptors (Lipinski definition) is 3. The van der Waals surface area contributed by atoms with Crippen LogP contribution in [0, 0.1) is 0 Å². The van der Waals surface area contributed by atoms with Gasteiger partial charge in [-0.2, -0.15) is 4.21 Å². The van der Waals surface area contributed by atoms with Gasteiger partial charge in [0.15, 0.2) is 0 Å². The second-order valence-corrected chi connectivity index (χ2v) is 2.77. The molecule has 0 fully saturated rings. The van der Waals surface area contributed by atoms with Crippen LogP contribution in [0.15, 0.2) is 0 Å². The lowest BCUT2D eigenvalue weighted by atomic mass is 10.3. The van der Waals surface area contributed by atoms with Crippen LogP contribution in [0.2, 0.25) is 0 Å².